The smallest absolute Gasteiger partial charge is 0.316 e. The van der Waals surface area contributed by atoms with Gasteiger partial charge in [0.25, 0.3) is 0 Å². The predicted octanol–water partition coefficient (Wildman–Crippen LogP) is 7.28. The Hall–Kier alpha value is -1.52. The molecule has 3 rings (SSSR count). The number of hydrogen-bond donors (Lipinski definition) is 2. The van der Waals surface area contributed by atoms with Crippen molar-refractivity contribution in [2.24, 2.45) is 17.8 Å². The van der Waals surface area contributed by atoms with Crippen LogP contribution in [0.3, 0.4) is 0 Å². The van der Waals surface area contributed by atoms with Crippen molar-refractivity contribution in [1.29, 1.82) is 0 Å². The van der Waals surface area contributed by atoms with Gasteiger partial charge in [0.15, 0.2) is 0 Å². The molecular formula is C25H34F6N2OS. The molecule has 2 aliphatic carbocycles. The normalized spacial score (nSPS) is 25.2. The molecule has 0 amide bonds. The van der Waals surface area contributed by atoms with Crippen LogP contribution in [0.1, 0.15) is 64.5 Å². The summed E-state index contributed by atoms with van der Waals surface area (Å²) < 4.78 is 78.2. The molecule has 0 saturated heterocycles. The maximum atomic E-state index is 12.6. The summed E-state index contributed by atoms with van der Waals surface area (Å²) in [6, 6.07) is 1.94. The third-order valence-electron chi connectivity index (χ3n) is 6.28. The number of nitrogens with one attached hydrogen (secondary N) is 2. The van der Waals surface area contributed by atoms with Gasteiger partial charge in [-0.25, -0.2) is 4.72 Å². The van der Waals surface area contributed by atoms with Crippen LogP contribution in [0.15, 0.2) is 34.7 Å². The molecule has 35 heavy (non-hydrogen) atoms. The number of fused-ring (bicyclic) bond motifs is 2. The van der Waals surface area contributed by atoms with Crippen LogP contribution in [0.2, 0.25) is 0 Å². The van der Waals surface area contributed by atoms with Crippen molar-refractivity contribution in [3.63, 3.8) is 0 Å². The number of aldehydes is 1. The van der Waals surface area contributed by atoms with Gasteiger partial charge in [-0.05, 0) is 94.5 Å². The molecule has 2 aliphatic rings. The number of allylic oxidation sites excluding steroid dienone is 1. The van der Waals surface area contributed by atoms with Crippen molar-refractivity contribution >= 4 is 18.2 Å². The summed E-state index contributed by atoms with van der Waals surface area (Å²) in [6.07, 6.45) is -1.18. The van der Waals surface area contributed by atoms with E-state index in [-0.39, 0.29) is 11.0 Å². The molecule has 1 aromatic carbocycles. The van der Waals surface area contributed by atoms with E-state index in [1.165, 1.54) is 39.5 Å². The van der Waals surface area contributed by atoms with E-state index in [2.05, 4.69) is 37.0 Å². The highest BCUT2D eigenvalue weighted by Crippen LogP contribution is 2.40. The van der Waals surface area contributed by atoms with E-state index in [0.717, 1.165) is 17.8 Å². The lowest BCUT2D eigenvalue weighted by Crippen LogP contribution is -2.35. The maximum absolute atomic E-state index is 12.6. The van der Waals surface area contributed by atoms with Gasteiger partial charge >= 0.3 is 12.4 Å². The van der Waals surface area contributed by atoms with Crippen LogP contribution < -0.4 is 10.0 Å². The first-order chi connectivity index (χ1) is 16.0. The van der Waals surface area contributed by atoms with Crippen molar-refractivity contribution in [1.82, 2.24) is 10.0 Å². The van der Waals surface area contributed by atoms with Gasteiger partial charge in [-0.2, -0.15) is 26.3 Å². The second-order valence-electron chi connectivity index (χ2n) is 10.2. The van der Waals surface area contributed by atoms with Crippen LogP contribution >= 0.6 is 11.9 Å². The summed E-state index contributed by atoms with van der Waals surface area (Å²) in [4.78, 5) is 10.4. The molecule has 0 aliphatic heterocycles. The van der Waals surface area contributed by atoms with Crippen molar-refractivity contribution in [3.8, 4) is 0 Å². The van der Waals surface area contributed by atoms with Gasteiger partial charge in [-0.1, -0.05) is 25.5 Å². The molecule has 0 radical (unpaired) electrons. The van der Waals surface area contributed by atoms with Gasteiger partial charge < -0.3 is 10.1 Å². The number of halogens is 6. The minimum atomic E-state index is -4.89. The highest BCUT2D eigenvalue weighted by molar-refractivity contribution is 7.97. The Balaban J connectivity index is 0.000000266. The van der Waals surface area contributed by atoms with Gasteiger partial charge in [-0.3, -0.25) is 0 Å². The minimum Gasteiger partial charge on any atom is -0.316 e. The van der Waals surface area contributed by atoms with Crippen LogP contribution in [0, 0.1) is 17.8 Å². The average Bonchev–Trinajstić information content (AvgIpc) is 2.85. The summed E-state index contributed by atoms with van der Waals surface area (Å²) in [5.74, 6) is 2.60. The zero-order chi connectivity index (χ0) is 26.6. The van der Waals surface area contributed by atoms with Crippen molar-refractivity contribution in [3.05, 3.63) is 41.0 Å². The lowest BCUT2D eigenvalue weighted by Gasteiger charge is -2.29. The molecular weight excluding hydrogens is 490 g/mol. The molecule has 2 N–H and O–H groups in total. The SMILES string of the molecule is CC(C)(C=O)NSc1cc(C(F)(F)F)cc(C(F)(F)F)c1.CNC1CC2CC(=CC1C)CC(C)C2. The molecule has 3 nitrogen and oxygen atoms in total. The lowest BCUT2D eigenvalue weighted by atomic mass is 9.78. The fourth-order valence-corrected chi connectivity index (χ4v) is 5.40. The monoisotopic (exact) mass is 524 g/mol. The topological polar surface area (TPSA) is 41.1 Å². The fourth-order valence-electron chi connectivity index (χ4n) is 4.60. The standard InChI is InChI=1S/C13H23N.C12H11F6NOS/c1-9-4-11-6-10(2)13(14-3)8-12(5-9)7-11;1-10(2,6-20)19-21-9-4-7(11(13,14)15)3-8(5-9)12(16,17)18/h6,9-10,12-14H,4-5,7-8H2,1-3H3;3-6,19H,1-2H3. The Labute approximate surface area is 207 Å². The van der Waals surface area contributed by atoms with Gasteiger partial charge in [0.05, 0.1) is 16.7 Å². The Morgan fingerprint density at radius 1 is 0.943 bits per heavy atom. The molecule has 198 valence electrons. The quantitative estimate of drug-likeness (QED) is 0.184. The van der Waals surface area contributed by atoms with Gasteiger partial charge in [0.2, 0.25) is 0 Å². The number of alkyl halides is 6. The molecule has 0 spiro atoms. The number of carbonyl (C=O) groups is 1. The Morgan fingerprint density at radius 2 is 1.51 bits per heavy atom. The molecule has 2 bridgehead atoms. The number of hydrogen-bond acceptors (Lipinski definition) is 4. The van der Waals surface area contributed by atoms with E-state index >= 15 is 0 Å². The largest absolute Gasteiger partial charge is 0.416 e. The Morgan fingerprint density at radius 3 is 2.00 bits per heavy atom. The predicted molar refractivity (Wildman–Crippen MR) is 127 cm³/mol. The number of carbonyl (C=O) groups excluding carboxylic acids is 1. The van der Waals surface area contributed by atoms with E-state index in [0.29, 0.717) is 36.4 Å². The highest BCUT2D eigenvalue weighted by Gasteiger charge is 2.37. The molecule has 1 aromatic rings. The molecule has 0 aromatic heterocycles. The van der Waals surface area contributed by atoms with Crippen LogP contribution in [-0.4, -0.2) is 24.9 Å². The number of rotatable bonds is 5. The third-order valence-corrected chi connectivity index (χ3v) is 7.38. The molecule has 4 unspecified atom stereocenters. The second kappa shape index (κ2) is 11.7. The third kappa shape index (κ3) is 9.13. The van der Waals surface area contributed by atoms with Crippen molar-refractivity contribution in [2.45, 2.75) is 82.2 Å². The molecule has 1 saturated carbocycles. The van der Waals surface area contributed by atoms with Crippen LogP contribution in [0.5, 0.6) is 0 Å². The summed E-state index contributed by atoms with van der Waals surface area (Å²) in [6.45, 7) is 7.64. The first-order valence-corrected chi connectivity index (χ1v) is 12.4. The van der Waals surface area contributed by atoms with Gasteiger partial charge in [-0.15, -0.1) is 0 Å². The van der Waals surface area contributed by atoms with Crippen LogP contribution in [0.4, 0.5) is 26.3 Å². The fraction of sp³-hybridized carbons (Fsp3) is 0.640. The van der Waals surface area contributed by atoms with E-state index in [4.69, 9.17) is 0 Å². The second-order valence-corrected chi connectivity index (χ2v) is 11.1. The molecule has 1 fully saturated rings. The van der Waals surface area contributed by atoms with E-state index in [9.17, 15) is 31.1 Å². The van der Waals surface area contributed by atoms with Gasteiger partial charge in [0, 0.05) is 10.9 Å². The van der Waals surface area contributed by atoms with Crippen molar-refractivity contribution in [2.75, 3.05) is 7.05 Å². The molecule has 10 heteroatoms. The maximum Gasteiger partial charge on any atom is 0.416 e. The Kier molecular flexibility index (Phi) is 9.92. The Bertz CT molecular complexity index is 865. The number of benzene rings is 1. The first-order valence-electron chi connectivity index (χ1n) is 11.6. The molecule has 4 atom stereocenters. The molecule has 0 heterocycles. The summed E-state index contributed by atoms with van der Waals surface area (Å²) in [7, 11) is 2.11. The van der Waals surface area contributed by atoms with Crippen LogP contribution in [-0.2, 0) is 17.1 Å². The van der Waals surface area contributed by atoms with E-state index in [1.54, 1.807) is 5.57 Å². The van der Waals surface area contributed by atoms with Gasteiger partial charge in [0.1, 0.15) is 6.29 Å². The summed E-state index contributed by atoms with van der Waals surface area (Å²) in [5.41, 5.74) is -2.15. The minimum absolute atomic E-state index is 0.0505. The highest BCUT2D eigenvalue weighted by atomic mass is 32.2. The van der Waals surface area contributed by atoms with E-state index < -0.39 is 29.0 Å². The lowest BCUT2D eigenvalue weighted by molar-refractivity contribution is -0.143. The van der Waals surface area contributed by atoms with Crippen molar-refractivity contribution < 1.29 is 31.1 Å². The zero-order valence-electron chi connectivity index (χ0n) is 20.6. The summed E-state index contributed by atoms with van der Waals surface area (Å²) in [5, 5.41) is 3.48. The van der Waals surface area contributed by atoms with E-state index in [1.807, 2.05) is 0 Å². The summed E-state index contributed by atoms with van der Waals surface area (Å²) >= 11 is 0.531. The zero-order valence-corrected chi connectivity index (χ0v) is 21.4. The average molecular weight is 525 g/mol. The van der Waals surface area contributed by atoms with Crippen LogP contribution in [0.25, 0.3) is 0 Å². The first kappa shape index (κ1) is 29.7.